The van der Waals surface area contributed by atoms with Crippen LogP contribution in [0.15, 0.2) is 77.7 Å². The highest BCUT2D eigenvalue weighted by molar-refractivity contribution is 7.89. The molecule has 0 saturated heterocycles. The van der Waals surface area contributed by atoms with Gasteiger partial charge < -0.3 is 10.1 Å². The molecule has 0 heterocycles. The summed E-state index contributed by atoms with van der Waals surface area (Å²) in [4.78, 5) is 12.9. The van der Waals surface area contributed by atoms with Crippen LogP contribution < -0.4 is 10.1 Å². The Kier molecular flexibility index (Phi) is 7.90. The van der Waals surface area contributed by atoms with Crippen molar-refractivity contribution in [2.45, 2.75) is 25.3 Å². The van der Waals surface area contributed by atoms with Crippen molar-refractivity contribution in [3.05, 3.63) is 88.9 Å². The minimum atomic E-state index is -3.92. The Morgan fingerprint density at radius 2 is 1.72 bits per heavy atom. The Morgan fingerprint density at radius 3 is 2.34 bits per heavy atom. The first-order valence-electron chi connectivity index (χ1n) is 10.1. The molecule has 0 aromatic heterocycles. The fraction of sp³-hybridized carbons (Fsp3) is 0.208. The van der Waals surface area contributed by atoms with E-state index in [-0.39, 0.29) is 18.0 Å². The van der Waals surface area contributed by atoms with Crippen LogP contribution in [0.1, 0.15) is 18.1 Å². The lowest BCUT2D eigenvalue weighted by atomic mass is 10.2. The minimum absolute atomic E-state index is 0.00741. The molecule has 0 bridgehead atoms. The number of sulfonamides is 1. The number of rotatable bonds is 9. The molecule has 1 N–H and O–H groups in total. The number of carbonyl (C=O) groups is 1. The average Bonchev–Trinajstić information content (AvgIpc) is 2.75. The molecule has 0 aliphatic carbocycles. The third kappa shape index (κ3) is 6.32. The zero-order valence-electron chi connectivity index (χ0n) is 17.9. The van der Waals surface area contributed by atoms with Crippen LogP contribution in [0.3, 0.4) is 0 Å². The van der Waals surface area contributed by atoms with E-state index < -0.39 is 15.9 Å². The van der Waals surface area contributed by atoms with Crippen LogP contribution in [0.25, 0.3) is 0 Å². The molecule has 0 aliphatic heterocycles. The van der Waals surface area contributed by atoms with Gasteiger partial charge in [-0.3, -0.25) is 4.79 Å². The molecule has 1 amide bonds. The maximum atomic E-state index is 13.3. The second-order valence-electron chi connectivity index (χ2n) is 7.22. The summed E-state index contributed by atoms with van der Waals surface area (Å²) < 4.78 is 33.2. The van der Waals surface area contributed by atoms with Gasteiger partial charge in [0.05, 0.1) is 18.0 Å². The summed E-state index contributed by atoms with van der Waals surface area (Å²) in [6, 6.07) is 20.3. The number of aryl methyl sites for hydroxylation is 1. The Bertz CT molecular complexity index is 1160. The Morgan fingerprint density at radius 1 is 1.03 bits per heavy atom. The van der Waals surface area contributed by atoms with Gasteiger partial charge >= 0.3 is 0 Å². The molecular weight excluding hydrogens is 448 g/mol. The normalized spacial score (nSPS) is 11.4. The van der Waals surface area contributed by atoms with Crippen LogP contribution >= 0.6 is 11.6 Å². The van der Waals surface area contributed by atoms with Crippen molar-refractivity contribution in [3.8, 4) is 5.75 Å². The molecule has 0 atom stereocenters. The highest BCUT2D eigenvalue weighted by atomic mass is 35.5. The van der Waals surface area contributed by atoms with E-state index in [0.29, 0.717) is 28.6 Å². The number of halogens is 1. The van der Waals surface area contributed by atoms with E-state index in [1.807, 2.05) is 13.8 Å². The van der Waals surface area contributed by atoms with Gasteiger partial charge in [-0.1, -0.05) is 41.4 Å². The number of benzene rings is 3. The zero-order valence-corrected chi connectivity index (χ0v) is 19.5. The minimum Gasteiger partial charge on any atom is -0.494 e. The number of hydrogen-bond donors (Lipinski definition) is 1. The van der Waals surface area contributed by atoms with E-state index >= 15 is 0 Å². The molecule has 3 aromatic carbocycles. The first-order chi connectivity index (χ1) is 15.3. The van der Waals surface area contributed by atoms with E-state index in [4.69, 9.17) is 16.3 Å². The second-order valence-corrected chi connectivity index (χ2v) is 9.60. The lowest BCUT2D eigenvalue weighted by molar-refractivity contribution is -0.116. The van der Waals surface area contributed by atoms with Gasteiger partial charge in [0, 0.05) is 17.3 Å². The second kappa shape index (κ2) is 10.6. The van der Waals surface area contributed by atoms with Gasteiger partial charge in [0.25, 0.3) is 0 Å². The fourth-order valence-corrected chi connectivity index (χ4v) is 4.68. The highest BCUT2D eigenvalue weighted by Gasteiger charge is 2.27. The summed E-state index contributed by atoms with van der Waals surface area (Å²) in [5, 5.41) is 3.24. The first-order valence-corrected chi connectivity index (χ1v) is 11.9. The SMILES string of the molecule is CCOc1ccc(NC(=O)CN(Cc2cccc(Cl)c2)S(=O)(=O)c2ccc(C)cc2)cc1. The number of anilines is 1. The summed E-state index contributed by atoms with van der Waals surface area (Å²) in [5.41, 5.74) is 2.18. The maximum Gasteiger partial charge on any atom is 0.243 e. The highest BCUT2D eigenvalue weighted by Crippen LogP contribution is 2.21. The Balaban J connectivity index is 1.82. The molecule has 0 fully saturated rings. The summed E-state index contributed by atoms with van der Waals surface area (Å²) in [6.45, 7) is 3.97. The van der Waals surface area contributed by atoms with E-state index in [9.17, 15) is 13.2 Å². The van der Waals surface area contributed by atoms with Crippen LogP contribution in [-0.2, 0) is 21.4 Å². The summed E-state index contributed by atoms with van der Waals surface area (Å²) >= 11 is 6.07. The Labute approximate surface area is 193 Å². The van der Waals surface area contributed by atoms with Crippen LogP contribution in [0.5, 0.6) is 5.75 Å². The number of hydrogen-bond acceptors (Lipinski definition) is 4. The number of carbonyl (C=O) groups excluding carboxylic acids is 1. The molecule has 3 aromatic rings. The number of ether oxygens (including phenoxy) is 1. The first kappa shape index (κ1) is 23.8. The Hall–Kier alpha value is -2.87. The molecular formula is C24H25ClN2O4S. The maximum absolute atomic E-state index is 13.3. The van der Waals surface area contributed by atoms with Crippen LogP contribution in [0.4, 0.5) is 5.69 Å². The summed E-state index contributed by atoms with van der Waals surface area (Å²) in [7, 11) is -3.92. The predicted molar refractivity (Wildman–Crippen MR) is 126 cm³/mol. The summed E-state index contributed by atoms with van der Waals surface area (Å²) in [5.74, 6) is 0.238. The largest absolute Gasteiger partial charge is 0.494 e. The monoisotopic (exact) mass is 472 g/mol. The van der Waals surface area contributed by atoms with Gasteiger partial charge in [-0.25, -0.2) is 8.42 Å². The van der Waals surface area contributed by atoms with Gasteiger partial charge in [-0.05, 0) is 67.9 Å². The molecule has 0 unspecified atom stereocenters. The molecule has 6 nitrogen and oxygen atoms in total. The van der Waals surface area contributed by atoms with E-state index in [2.05, 4.69) is 5.32 Å². The number of amides is 1. The van der Waals surface area contributed by atoms with Crippen molar-refractivity contribution < 1.29 is 17.9 Å². The van der Waals surface area contributed by atoms with E-state index in [0.717, 1.165) is 9.87 Å². The van der Waals surface area contributed by atoms with E-state index in [1.165, 1.54) is 0 Å². The molecule has 0 aliphatic rings. The molecule has 0 spiro atoms. The average molecular weight is 473 g/mol. The molecule has 8 heteroatoms. The number of nitrogens with zero attached hydrogens (tertiary/aromatic N) is 1. The number of nitrogens with one attached hydrogen (secondary N) is 1. The topological polar surface area (TPSA) is 75.7 Å². The molecule has 32 heavy (non-hydrogen) atoms. The summed E-state index contributed by atoms with van der Waals surface area (Å²) in [6.07, 6.45) is 0. The van der Waals surface area contributed by atoms with Crippen LogP contribution in [0.2, 0.25) is 5.02 Å². The van der Waals surface area contributed by atoms with Crippen molar-refractivity contribution in [1.82, 2.24) is 4.31 Å². The molecule has 0 saturated carbocycles. The predicted octanol–water partition coefficient (Wildman–Crippen LogP) is 4.88. The van der Waals surface area contributed by atoms with Crippen molar-refractivity contribution in [2.24, 2.45) is 0 Å². The van der Waals surface area contributed by atoms with Crippen LogP contribution in [0, 0.1) is 6.92 Å². The van der Waals surface area contributed by atoms with Gasteiger partial charge in [0.1, 0.15) is 5.75 Å². The molecule has 3 rings (SSSR count). The van der Waals surface area contributed by atoms with Gasteiger partial charge in [-0.2, -0.15) is 4.31 Å². The quantitative estimate of drug-likeness (QED) is 0.481. The van der Waals surface area contributed by atoms with Gasteiger partial charge in [-0.15, -0.1) is 0 Å². The van der Waals surface area contributed by atoms with Gasteiger partial charge in [0.15, 0.2) is 0 Å². The fourth-order valence-electron chi connectivity index (χ4n) is 3.09. The van der Waals surface area contributed by atoms with Crippen molar-refractivity contribution in [1.29, 1.82) is 0 Å². The van der Waals surface area contributed by atoms with E-state index in [1.54, 1.807) is 72.8 Å². The standard InChI is InChI=1S/C24H25ClN2O4S/c1-3-31-22-11-9-21(10-12-22)26-24(28)17-27(16-19-5-4-6-20(25)15-19)32(29,30)23-13-7-18(2)8-14-23/h4-15H,3,16-17H2,1-2H3,(H,26,28). The lowest BCUT2D eigenvalue weighted by Crippen LogP contribution is -2.37. The molecule has 0 radical (unpaired) electrons. The smallest absolute Gasteiger partial charge is 0.243 e. The third-order valence-corrected chi connectivity index (χ3v) is 6.72. The zero-order chi connectivity index (χ0) is 23.1. The van der Waals surface area contributed by atoms with Crippen LogP contribution in [-0.4, -0.2) is 31.8 Å². The van der Waals surface area contributed by atoms with Crippen molar-refractivity contribution in [3.63, 3.8) is 0 Å². The lowest BCUT2D eigenvalue weighted by Gasteiger charge is -2.22. The van der Waals surface area contributed by atoms with Crippen molar-refractivity contribution in [2.75, 3.05) is 18.5 Å². The van der Waals surface area contributed by atoms with Crippen molar-refractivity contribution >= 4 is 33.2 Å². The third-order valence-electron chi connectivity index (χ3n) is 4.68. The molecule has 168 valence electrons. The van der Waals surface area contributed by atoms with Gasteiger partial charge in [0.2, 0.25) is 15.9 Å².